The van der Waals surface area contributed by atoms with Crippen LogP contribution in [0.4, 0.5) is 5.82 Å². The van der Waals surface area contributed by atoms with Crippen LogP contribution in [0.25, 0.3) is 11.1 Å². The maximum atomic E-state index is 11.1. The van der Waals surface area contributed by atoms with Gasteiger partial charge in [-0.15, -0.1) is 0 Å². The Morgan fingerprint density at radius 1 is 1.11 bits per heavy atom. The minimum Gasteiger partial charge on any atom is -0.493 e. The molecule has 5 heteroatoms. The van der Waals surface area contributed by atoms with Gasteiger partial charge in [-0.05, 0) is 41.3 Å². The van der Waals surface area contributed by atoms with Crippen LogP contribution in [-0.4, -0.2) is 29.2 Å². The molecule has 1 aromatic heterocycles. The molecule has 0 spiro atoms. The van der Waals surface area contributed by atoms with Crippen molar-refractivity contribution in [1.82, 2.24) is 4.98 Å². The zero-order chi connectivity index (χ0) is 18.6. The Balaban J connectivity index is 1.52. The van der Waals surface area contributed by atoms with Gasteiger partial charge in [-0.1, -0.05) is 42.5 Å². The molecular formula is C22H20N2O3. The smallest absolute Gasteiger partial charge is 0.335 e. The molecule has 2 aromatic carbocycles. The average Bonchev–Trinajstić information content (AvgIpc) is 2.72. The third-order valence-corrected chi connectivity index (χ3v) is 4.82. The summed E-state index contributed by atoms with van der Waals surface area (Å²) in [7, 11) is 0. The monoisotopic (exact) mass is 360 g/mol. The van der Waals surface area contributed by atoms with E-state index in [1.54, 1.807) is 6.07 Å². The van der Waals surface area contributed by atoms with Crippen molar-refractivity contribution in [3.63, 3.8) is 0 Å². The maximum Gasteiger partial charge on any atom is 0.335 e. The fourth-order valence-corrected chi connectivity index (χ4v) is 3.37. The second-order valence-electron chi connectivity index (χ2n) is 6.57. The third-order valence-electron chi connectivity index (χ3n) is 4.82. The van der Waals surface area contributed by atoms with Crippen LogP contribution in [0, 0.1) is 0 Å². The SMILES string of the molecule is O=C(O)c1ccnc(NC[C@@H]2CCOc3cc(-c4ccccc4)ccc32)c1. The topological polar surface area (TPSA) is 71.5 Å². The van der Waals surface area contributed by atoms with Gasteiger partial charge < -0.3 is 15.2 Å². The molecule has 0 bridgehead atoms. The first-order valence-corrected chi connectivity index (χ1v) is 8.96. The van der Waals surface area contributed by atoms with Crippen LogP contribution in [0.15, 0.2) is 66.9 Å². The zero-order valence-electron chi connectivity index (χ0n) is 14.8. The summed E-state index contributed by atoms with van der Waals surface area (Å²) in [4.78, 5) is 15.3. The van der Waals surface area contributed by atoms with Crippen molar-refractivity contribution in [2.75, 3.05) is 18.5 Å². The van der Waals surface area contributed by atoms with Crippen molar-refractivity contribution in [2.45, 2.75) is 12.3 Å². The van der Waals surface area contributed by atoms with Crippen LogP contribution in [0.5, 0.6) is 5.75 Å². The van der Waals surface area contributed by atoms with E-state index >= 15 is 0 Å². The number of aromatic carboxylic acids is 1. The highest BCUT2D eigenvalue weighted by Crippen LogP contribution is 2.36. The van der Waals surface area contributed by atoms with Crippen molar-refractivity contribution in [3.8, 4) is 16.9 Å². The van der Waals surface area contributed by atoms with E-state index in [1.165, 1.54) is 23.4 Å². The number of carboxylic acids is 1. The van der Waals surface area contributed by atoms with Crippen molar-refractivity contribution in [2.24, 2.45) is 0 Å². The predicted octanol–water partition coefficient (Wildman–Crippen LogP) is 4.43. The highest BCUT2D eigenvalue weighted by atomic mass is 16.5. The molecule has 0 saturated heterocycles. The Morgan fingerprint density at radius 2 is 1.96 bits per heavy atom. The number of ether oxygens (including phenoxy) is 1. The molecule has 1 aliphatic heterocycles. The number of anilines is 1. The molecule has 0 radical (unpaired) electrons. The fourth-order valence-electron chi connectivity index (χ4n) is 3.37. The lowest BCUT2D eigenvalue weighted by Gasteiger charge is -2.27. The Hall–Kier alpha value is -3.34. The fraction of sp³-hybridized carbons (Fsp3) is 0.182. The van der Waals surface area contributed by atoms with Crippen molar-refractivity contribution in [1.29, 1.82) is 0 Å². The van der Waals surface area contributed by atoms with Crippen LogP contribution in [0.3, 0.4) is 0 Å². The lowest BCUT2D eigenvalue weighted by molar-refractivity contribution is 0.0697. The van der Waals surface area contributed by atoms with Gasteiger partial charge in [0, 0.05) is 18.7 Å². The number of carbonyl (C=O) groups is 1. The minimum atomic E-state index is -0.953. The summed E-state index contributed by atoms with van der Waals surface area (Å²) < 4.78 is 5.90. The van der Waals surface area contributed by atoms with E-state index in [4.69, 9.17) is 9.84 Å². The summed E-state index contributed by atoms with van der Waals surface area (Å²) in [6.07, 6.45) is 2.42. The summed E-state index contributed by atoms with van der Waals surface area (Å²) in [5, 5.41) is 12.4. The van der Waals surface area contributed by atoms with Gasteiger partial charge in [-0.3, -0.25) is 0 Å². The van der Waals surface area contributed by atoms with Crippen molar-refractivity contribution >= 4 is 11.8 Å². The largest absolute Gasteiger partial charge is 0.493 e. The average molecular weight is 360 g/mol. The maximum absolute atomic E-state index is 11.1. The molecule has 1 aliphatic rings. The molecule has 3 aromatic rings. The first kappa shape index (κ1) is 17.1. The second kappa shape index (κ2) is 7.50. The van der Waals surface area contributed by atoms with Crippen molar-refractivity contribution < 1.29 is 14.6 Å². The number of hydrogen-bond acceptors (Lipinski definition) is 4. The molecule has 5 nitrogen and oxygen atoms in total. The summed E-state index contributed by atoms with van der Waals surface area (Å²) in [6.45, 7) is 1.34. The normalized spacial score (nSPS) is 15.5. The first-order valence-electron chi connectivity index (χ1n) is 8.96. The van der Waals surface area contributed by atoms with Crippen LogP contribution < -0.4 is 10.1 Å². The molecule has 2 heterocycles. The molecule has 2 N–H and O–H groups in total. The Bertz CT molecular complexity index is 957. The molecule has 136 valence electrons. The van der Waals surface area contributed by atoms with Crippen LogP contribution in [-0.2, 0) is 0 Å². The van der Waals surface area contributed by atoms with Gasteiger partial charge >= 0.3 is 5.97 Å². The number of nitrogens with zero attached hydrogens (tertiary/aromatic N) is 1. The number of fused-ring (bicyclic) bond motifs is 1. The Labute approximate surface area is 157 Å². The van der Waals surface area contributed by atoms with Crippen LogP contribution >= 0.6 is 0 Å². The molecule has 0 amide bonds. The molecular weight excluding hydrogens is 340 g/mol. The van der Waals surface area contributed by atoms with E-state index < -0.39 is 5.97 Å². The molecule has 1 atom stereocenters. The summed E-state index contributed by atoms with van der Waals surface area (Å²) in [6, 6.07) is 19.6. The lowest BCUT2D eigenvalue weighted by atomic mass is 9.91. The molecule has 27 heavy (non-hydrogen) atoms. The highest BCUT2D eigenvalue weighted by molar-refractivity contribution is 5.88. The first-order chi connectivity index (χ1) is 13.2. The van der Waals surface area contributed by atoms with Gasteiger partial charge in [0.1, 0.15) is 11.6 Å². The van der Waals surface area contributed by atoms with E-state index in [-0.39, 0.29) is 11.5 Å². The minimum absolute atomic E-state index is 0.229. The van der Waals surface area contributed by atoms with Gasteiger partial charge in [0.05, 0.1) is 12.2 Å². The van der Waals surface area contributed by atoms with Gasteiger partial charge in [-0.2, -0.15) is 0 Å². The van der Waals surface area contributed by atoms with E-state index in [0.29, 0.717) is 19.0 Å². The summed E-state index contributed by atoms with van der Waals surface area (Å²) in [5.74, 6) is 0.824. The third kappa shape index (κ3) is 3.77. The standard InChI is InChI=1S/C22H20N2O3/c25-22(26)17-8-10-23-21(13-17)24-14-18-9-11-27-20-12-16(6-7-19(18)20)15-4-2-1-3-5-15/h1-8,10,12-13,18H,9,11,14H2,(H,23,24)(H,25,26)/t18-/m0/s1. The van der Waals surface area contributed by atoms with E-state index in [9.17, 15) is 4.79 Å². The van der Waals surface area contributed by atoms with Crippen LogP contribution in [0.1, 0.15) is 28.3 Å². The van der Waals surface area contributed by atoms with E-state index in [1.807, 2.05) is 18.2 Å². The molecule has 4 rings (SSSR count). The van der Waals surface area contributed by atoms with Crippen molar-refractivity contribution in [3.05, 3.63) is 78.0 Å². The Kier molecular flexibility index (Phi) is 4.75. The number of rotatable bonds is 5. The zero-order valence-corrected chi connectivity index (χ0v) is 14.8. The van der Waals surface area contributed by atoms with Gasteiger partial charge in [-0.25, -0.2) is 9.78 Å². The van der Waals surface area contributed by atoms with Gasteiger partial charge in [0.25, 0.3) is 0 Å². The van der Waals surface area contributed by atoms with Gasteiger partial charge in [0.15, 0.2) is 0 Å². The highest BCUT2D eigenvalue weighted by Gasteiger charge is 2.22. The van der Waals surface area contributed by atoms with E-state index in [0.717, 1.165) is 17.7 Å². The number of carboxylic acid groups (broad SMARTS) is 1. The predicted molar refractivity (Wildman–Crippen MR) is 104 cm³/mol. The quantitative estimate of drug-likeness (QED) is 0.704. The number of pyridine rings is 1. The van der Waals surface area contributed by atoms with Crippen LogP contribution in [0.2, 0.25) is 0 Å². The Morgan fingerprint density at radius 3 is 2.78 bits per heavy atom. The van der Waals surface area contributed by atoms with Gasteiger partial charge in [0.2, 0.25) is 0 Å². The van der Waals surface area contributed by atoms with E-state index in [2.05, 4.69) is 40.6 Å². The molecule has 0 aliphatic carbocycles. The summed E-state index contributed by atoms with van der Waals surface area (Å²) >= 11 is 0. The number of nitrogens with one attached hydrogen (secondary N) is 1. The second-order valence-corrected chi connectivity index (χ2v) is 6.57. The molecule has 0 unspecified atom stereocenters. The summed E-state index contributed by atoms with van der Waals surface area (Å²) in [5.41, 5.74) is 3.70. The number of benzene rings is 2. The number of aromatic nitrogens is 1. The number of hydrogen-bond donors (Lipinski definition) is 2. The lowest BCUT2D eigenvalue weighted by Crippen LogP contribution is -2.21. The molecule has 0 saturated carbocycles. The molecule has 0 fully saturated rings.